The second kappa shape index (κ2) is 11.0. The van der Waals surface area contributed by atoms with Gasteiger partial charge >= 0.3 is 0 Å². The first-order valence-electron chi connectivity index (χ1n) is 9.75. The van der Waals surface area contributed by atoms with Gasteiger partial charge in [0, 0.05) is 31.5 Å². The van der Waals surface area contributed by atoms with E-state index in [0.717, 1.165) is 31.2 Å². The molecule has 0 radical (unpaired) electrons. The lowest BCUT2D eigenvalue weighted by Crippen LogP contribution is -2.36. The van der Waals surface area contributed by atoms with E-state index in [1.54, 1.807) is 31.4 Å². The van der Waals surface area contributed by atoms with Crippen LogP contribution in [0.25, 0.3) is 0 Å². The number of ether oxygens (including phenoxy) is 1. The minimum Gasteiger partial charge on any atom is -0.497 e. The van der Waals surface area contributed by atoms with Crippen LogP contribution in [-0.2, 0) is 4.79 Å². The van der Waals surface area contributed by atoms with Crippen molar-refractivity contribution in [1.82, 2.24) is 10.2 Å². The molecule has 5 heteroatoms. The minimum absolute atomic E-state index is 0.0412. The largest absolute Gasteiger partial charge is 0.497 e. The predicted octanol–water partition coefficient (Wildman–Crippen LogP) is 3.29. The van der Waals surface area contributed by atoms with E-state index in [1.165, 1.54) is 25.9 Å². The maximum absolute atomic E-state index is 12.1. The standard InChI is InChI=1S/C21H32N2O3/c1-17-6-4-14-23(16-17)15-5-13-22-21(25)8-3-7-20(24)18-9-11-19(26-2)12-10-18/h9-12,17H,3-8,13-16H2,1-2H3,(H,22,25). The van der Waals surface area contributed by atoms with Crippen LogP contribution in [0.2, 0.25) is 0 Å². The molecule has 1 saturated heterocycles. The van der Waals surface area contributed by atoms with Crippen molar-refractivity contribution in [3.8, 4) is 5.75 Å². The summed E-state index contributed by atoms with van der Waals surface area (Å²) in [7, 11) is 1.60. The molecular formula is C21H32N2O3. The number of hydrogen-bond acceptors (Lipinski definition) is 4. The van der Waals surface area contributed by atoms with Gasteiger partial charge in [0.25, 0.3) is 0 Å². The van der Waals surface area contributed by atoms with Crippen LogP contribution < -0.4 is 10.1 Å². The van der Waals surface area contributed by atoms with E-state index in [9.17, 15) is 9.59 Å². The average Bonchev–Trinajstić information content (AvgIpc) is 2.65. The summed E-state index contributed by atoms with van der Waals surface area (Å²) in [4.78, 5) is 26.5. The van der Waals surface area contributed by atoms with Crippen molar-refractivity contribution < 1.29 is 14.3 Å². The van der Waals surface area contributed by atoms with E-state index in [-0.39, 0.29) is 11.7 Å². The molecule has 0 spiro atoms. The van der Waals surface area contributed by atoms with Crippen LogP contribution in [0.4, 0.5) is 0 Å². The van der Waals surface area contributed by atoms with Crippen molar-refractivity contribution in [1.29, 1.82) is 0 Å². The lowest BCUT2D eigenvalue weighted by atomic mass is 10.0. The summed E-state index contributed by atoms with van der Waals surface area (Å²) in [5, 5.41) is 2.97. The number of nitrogens with one attached hydrogen (secondary N) is 1. The monoisotopic (exact) mass is 360 g/mol. The number of amides is 1. The van der Waals surface area contributed by atoms with Gasteiger partial charge in [-0.15, -0.1) is 0 Å². The van der Waals surface area contributed by atoms with E-state index < -0.39 is 0 Å². The molecule has 1 fully saturated rings. The minimum atomic E-state index is 0.0412. The first kappa shape index (κ1) is 20.4. The van der Waals surface area contributed by atoms with Gasteiger partial charge in [-0.1, -0.05) is 6.92 Å². The van der Waals surface area contributed by atoms with Gasteiger partial charge in [-0.3, -0.25) is 9.59 Å². The normalized spacial score (nSPS) is 17.7. The molecule has 0 aromatic heterocycles. The second-order valence-corrected chi connectivity index (χ2v) is 7.26. The molecule has 1 atom stereocenters. The number of nitrogens with zero attached hydrogens (tertiary/aromatic N) is 1. The predicted molar refractivity (Wildman–Crippen MR) is 104 cm³/mol. The number of rotatable bonds is 10. The van der Waals surface area contributed by atoms with Gasteiger partial charge in [0.05, 0.1) is 7.11 Å². The highest BCUT2D eigenvalue weighted by atomic mass is 16.5. The fourth-order valence-corrected chi connectivity index (χ4v) is 3.44. The lowest BCUT2D eigenvalue weighted by Gasteiger charge is -2.30. The molecule has 1 unspecified atom stereocenters. The molecule has 1 amide bonds. The van der Waals surface area contributed by atoms with Crippen molar-refractivity contribution in [2.75, 3.05) is 33.3 Å². The van der Waals surface area contributed by atoms with Gasteiger partial charge < -0.3 is 15.0 Å². The number of ketones is 1. The smallest absolute Gasteiger partial charge is 0.220 e. The summed E-state index contributed by atoms with van der Waals surface area (Å²) in [6.45, 7) is 6.45. The Bertz CT molecular complexity index is 571. The number of carbonyl (C=O) groups excluding carboxylic acids is 2. The summed E-state index contributed by atoms with van der Waals surface area (Å²) in [5.41, 5.74) is 0.668. The van der Waals surface area contributed by atoms with Crippen LogP contribution in [-0.4, -0.2) is 49.9 Å². The van der Waals surface area contributed by atoms with E-state index in [1.807, 2.05) is 0 Å². The first-order valence-corrected chi connectivity index (χ1v) is 9.75. The van der Waals surface area contributed by atoms with Gasteiger partial charge in [-0.05, 0) is 69.0 Å². The van der Waals surface area contributed by atoms with Crippen molar-refractivity contribution >= 4 is 11.7 Å². The summed E-state index contributed by atoms with van der Waals surface area (Å²) < 4.78 is 5.08. The van der Waals surface area contributed by atoms with Crippen LogP contribution in [0.5, 0.6) is 5.75 Å². The summed E-state index contributed by atoms with van der Waals surface area (Å²) >= 11 is 0. The fraction of sp³-hybridized carbons (Fsp3) is 0.619. The van der Waals surface area contributed by atoms with Crippen LogP contribution in [0.1, 0.15) is 55.8 Å². The molecule has 1 aromatic carbocycles. The van der Waals surface area contributed by atoms with Gasteiger partial charge in [0.2, 0.25) is 5.91 Å². The number of benzene rings is 1. The Morgan fingerprint density at radius 1 is 1.19 bits per heavy atom. The Kier molecular flexibility index (Phi) is 8.62. The SMILES string of the molecule is COc1ccc(C(=O)CCCC(=O)NCCCN2CCCC(C)C2)cc1. The third-order valence-electron chi connectivity index (χ3n) is 4.93. The molecule has 1 aliphatic rings. The van der Waals surface area contributed by atoms with Crippen molar-refractivity contribution in [2.24, 2.45) is 5.92 Å². The highest BCUT2D eigenvalue weighted by molar-refractivity contribution is 5.96. The fourth-order valence-electron chi connectivity index (χ4n) is 3.44. The van der Waals surface area contributed by atoms with E-state index in [4.69, 9.17) is 4.74 Å². The molecule has 1 aromatic rings. The van der Waals surface area contributed by atoms with Crippen LogP contribution in [0.15, 0.2) is 24.3 Å². The Morgan fingerprint density at radius 3 is 2.65 bits per heavy atom. The second-order valence-electron chi connectivity index (χ2n) is 7.26. The van der Waals surface area contributed by atoms with Crippen LogP contribution >= 0.6 is 0 Å². The highest BCUT2D eigenvalue weighted by Gasteiger charge is 2.15. The van der Waals surface area contributed by atoms with E-state index in [2.05, 4.69) is 17.1 Å². The van der Waals surface area contributed by atoms with Crippen LogP contribution in [0.3, 0.4) is 0 Å². The molecule has 144 valence electrons. The third-order valence-corrected chi connectivity index (χ3v) is 4.93. The Hall–Kier alpha value is -1.88. The van der Waals surface area contributed by atoms with E-state index >= 15 is 0 Å². The molecule has 1 aliphatic heterocycles. The Balaban J connectivity index is 1.54. The third kappa shape index (κ3) is 7.16. The zero-order valence-corrected chi connectivity index (χ0v) is 16.1. The maximum Gasteiger partial charge on any atom is 0.220 e. The van der Waals surface area contributed by atoms with Crippen molar-refractivity contribution in [3.63, 3.8) is 0 Å². The average molecular weight is 360 g/mol. The number of hydrogen-bond donors (Lipinski definition) is 1. The number of Topliss-reactive ketones (excluding diaryl/α,β-unsaturated/α-hetero) is 1. The zero-order chi connectivity index (χ0) is 18.8. The number of likely N-dealkylation sites (tertiary alicyclic amines) is 1. The van der Waals surface area contributed by atoms with Crippen molar-refractivity contribution in [2.45, 2.75) is 45.4 Å². The molecule has 0 bridgehead atoms. The molecule has 1 heterocycles. The molecule has 0 saturated carbocycles. The lowest BCUT2D eigenvalue weighted by molar-refractivity contribution is -0.121. The van der Waals surface area contributed by atoms with Gasteiger partial charge in [-0.25, -0.2) is 0 Å². The highest BCUT2D eigenvalue weighted by Crippen LogP contribution is 2.15. The first-order chi connectivity index (χ1) is 12.6. The summed E-state index contributed by atoms with van der Waals surface area (Å²) in [6, 6.07) is 7.09. The van der Waals surface area contributed by atoms with Gasteiger partial charge in [0.15, 0.2) is 5.78 Å². The van der Waals surface area contributed by atoms with Crippen LogP contribution in [0, 0.1) is 5.92 Å². The van der Waals surface area contributed by atoms with Gasteiger partial charge in [-0.2, -0.15) is 0 Å². The summed E-state index contributed by atoms with van der Waals surface area (Å²) in [6.07, 6.45) is 5.00. The van der Waals surface area contributed by atoms with Crippen molar-refractivity contribution in [3.05, 3.63) is 29.8 Å². The molecular weight excluding hydrogens is 328 g/mol. The number of carbonyl (C=O) groups is 2. The molecule has 26 heavy (non-hydrogen) atoms. The molecule has 1 N–H and O–H groups in total. The van der Waals surface area contributed by atoms with Gasteiger partial charge in [0.1, 0.15) is 5.75 Å². The number of piperidine rings is 1. The quantitative estimate of drug-likeness (QED) is 0.514. The maximum atomic E-state index is 12.1. The van der Waals surface area contributed by atoms with E-state index in [0.29, 0.717) is 24.8 Å². The molecule has 5 nitrogen and oxygen atoms in total. The molecule has 0 aliphatic carbocycles. The topological polar surface area (TPSA) is 58.6 Å². The Labute approximate surface area is 157 Å². The number of methoxy groups -OCH3 is 1. The molecule has 2 rings (SSSR count). The Morgan fingerprint density at radius 2 is 1.96 bits per heavy atom. The zero-order valence-electron chi connectivity index (χ0n) is 16.1. The summed E-state index contributed by atoms with van der Waals surface area (Å²) in [5.74, 6) is 1.64.